The number of allylic oxidation sites excluding steroid dienone is 1. The summed E-state index contributed by atoms with van der Waals surface area (Å²) in [6, 6.07) is 8.29. The Labute approximate surface area is 165 Å². The molecule has 150 valence electrons. The van der Waals surface area contributed by atoms with E-state index < -0.39 is 17.7 Å². The van der Waals surface area contributed by atoms with Crippen molar-refractivity contribution in [1.82, 2.24) is 0 Å². The number of aryl methyl sites for hydroxylation is 1. The number of carbonyl (C=O) groups is 1. The molecule has 0 spiro atoms. The first-order valence-corrected chi connectivity index (χ1v) is 9.95. The number of alkyl halides is 3. The zero-order valence-corrected chi connectivity index (χ0v) is 16.0. The Morgan fingerprint density at radius 3 is 2.54 bits per heavy atom. The average molecular weight is 410 g/mol. The maximum Gasteiger partial charge on any atom is 0.416 e. The van der Waals surface area contributed by atoms with E-state index in [4.69, 9.17) is 9.84 Å². The highest BCUT2D eigenvalue weighted by Gasteiger charge is 2.30. The Morgan fingerprint density at radius 2 is 1.89 bits per heavy atom. The molecule has 7 heteroatoms. The highest BCUT2D eigenvalue weighted by Crippen LogP contribution is 2.32. The topological polar surface area (TPSA) is 46.5 Å². The Kier molecular flexibility index (Phi) is 6.44. The van der Waals surface area contributed by atoms with E-state index in [0.717, 1.165) is 49.1 Å². The van der Waals surface area contributed by atoms with E-state index in [1.54, 1.807) is 6.07 Å². The van der Waals surface area contributed by atoms with E-state index in [1.807, 2.05) is 6.07 Å². The number of thiophene rings is 1. The number of hydrogen-bond donors (Lipinski definition) is 1. The van der Waals surface area contributed by atoms with Gasteiger partial charge >= 0.3 is 12.1 Å². The van der Waals surface area contributed by atoms with Crippen LogP contribution in [0.4, 0.5) is 13.2 Å². The van der Waals surface area contributed by atoms with Crippen molar-refractivity contribution in [1.29, 1.82) is 0 Å². The molecule has 3 nitrogen and oxygen atoms in total. The summed E-state index contributed by atoms with van der Waals surface area (Å²) in [5.74, 6) is -0.172. The molecule has 1 aromatic heterocycles. The molecule has 1 atom stereocenters. The number of aromatic carboxylic acids is 1. The lowest BCUT2D eigenvalue weighted by Crippen LogP contribution is -2.12. The van der Waals surface area contributed by atoms with Crippen LogP contribution in [0.25, 0.3) is 0 Å². The standard InChI is InChI=1S/C21H21F3O3S/c22-21(23,24)16-7-9-17(10-8-16)27-13-15-5-1-3-14(15)4-2-6-18-11-12-19(28-18)20(25)26/h3,7-12,15H,1-2,4-6,13H2,(H,25,26)/t15-/m1/s1. The van der Waals surface area contributed by atoms with E-state index in [0.29, 0.717) is 17.2 Å². The smallest absolute Gasteiger partial charge is 0.416 e. The summed E-state index contributed by atoms with van der Waals surface area (Å²) < 4.78 is 43.5. The number of rotatable bonds is 8. The van der Waals surface area contributed by atoms with Gasteiger partial charge in [0, 0.05) is 10.8 Å². The van der Waals surface area contributed by atoms with Crippen LogP contribution in [0.2, 0.25) is 0 Å². The minimum absolute atomic E-state index is 0.278. The third kappa shape index (κ3) is 5.38. The van der Waals surface area contributed by atoms with Crippen molar-refractivity contribution in [2.75, 3.05) is 6.61 Å². The van der Waals surface area contributed by atoms with Gasteiger partial charge < -0.3 is 9.84 Å². The first-order valence-electron chi connectivity index (χ1n) is 9.14. The van der Waals surface area contributed by atoms with Crippen molar-refractivity contribution in [3.05, 3.63) is 63.4 Å². The average Bonchev–Trinajstić information content (AvgIpc) is 3.29. The summed E-state index contributed by atoms with van der Waals surface area (Å²) in [4.78, 5) is 12.4. The molecule has 1 aromatic carbocycles. The number of benzene rings is 1. The maximum absolute atomic E-state index is 12.6. The fourth-order valence-corrected chi connectivity index (χ4v) is 4.24. The zero-order valence-electron chi connectivity index (χ0n) is 15.2. The fourth-order valence-electron chi connectivity index (χ4n) is 3.35. The van der Waals surface area contributed by atoms with E-state index in [2.05, 4.69) is 6.08 Å². The molecular formula is C21H21F3O3S. The second-order valence-electron chi connectivity index (χ2n) is 6.81. The highest BCUT2D eigenvalue weighted by molar-refractivity contribution is 7.13. The largest absolute Gasteiger partial charge is 0.493 e. The number of ether oxygens (including phenoxy) is 1. The third-order valence-corrected chi connectivity index (χ3v) is 5.97. The van der Waals surface area contributed by atoms with Gasteiger partial charge in [0.2, 0.25) is 0 Å². The summed E-state index contributed by atoms with van der Waals surface area (Å²) in [6.07, 6.45) is 2.54. The first-order chi connectivity index (χ1) is 13.3. The van der Waals surface area contributed by atoms with E-state index >= 15 is 0 Å². The van der Waals surface area contributed by atoms with E-state index in [9.17, 15) is 18.0 Å². The molecule has 0 unspecified atom stereocenters. The van der Waals surface area contributed by atoms with Crippen LogP contribution in [0.1, 0.15) is 45.8 Å². The van der Waals surface area contributed by atoms with Crippen molar-refractivity contribution in [2.24, 2.45) is 5.92 Å². The Morgan fingerprint density at radius 1 is 1.14 bits per heavy atom. The van der Waals surface area contributed by atoms with Crippen molar-refractivity contribution >= 4 is 17.3 Å². The van der Waals surface area contributed by atoms with Crippen molar-refractivity contribution < 1.29 is 27.8 Å². The van der Waals surface area contributed by atoms with Gasteiger partial charge in [-0.15, -0.1) is 11.3 Å². The lowest BCUT2D eigenvalue weighted by Gasteiger charge is -2.16. The maximum atomic E-state index is 12.6. The van der Waals surface area contributed by atoms with Crippen molar-refractivity contribution in [2.45, 2.75) is 38.3 Å². The molecule has 0 bridgehead atoms. The molecule has 1 aliphatic carbocycles. The molecule has 3 rings (SSSR count). The summed E-state index contributed by atoms with van der Waals surface area (Å²) >= 11 is 1.31. The summed E-state index contributed by atoms with van der Waals surface area (Å²) in [6.45, 7) is 0.458. The number of carboxylic acid groups (broad SMARTS) is 1. The molecule has 0 saturated heterocycles. The highest BCUT2D eigenvalue weighted by atomic mass is 32.1. The van der Waals surface area contributed by atoms with Gasteiger partial charge in [0.05, 0.1) is 12.2 Å². The first kappa shape index (κ1) is 20.5. The second kappa shape index (κ2) is 8.82. The molecular weight excluding hydrogens is 389 g/mol. The fraction of sp³-hybridized carbons (Fsp3) is 0.381. The molecule has 1 heterocycles. The summed E-state index contributed by atoms with van der Waals surface area (Å²) in [5, 5.41) is 8.97. The molecule has 0 amide bonds. The normalized spacial score (nSPS) is 16.8. The number of carboxylic acids is 1. The van der Waals surface area contributed by atoms with Gasteiger partial charge in [-0.25, -0.2) is 4.79 Å². The van der Waals surface area contributed by atoms with Crippen LogP contribution in [0.15, 0.2) is 48.0 Å². The predicted molar refractivity (Wildman–Crippen MR) is 102 cm³/mol. The van der Waals surface area contributed by atoms with Gasteiger partial charge in [0.25, 0.3) is 0 Å². The molecule has 28 heavy (non-hydrogen) atoms. The van der Waals surface area contributed by atoms with Crippen LogP contribution in [-0.4, -0.2) is 17.7 Å². The number of hydrogen-bond acceptors (Lipinski definition) is 3. The number of halogens is 3. The van der Waals surface area contributed by atoms with Crippen LogP contribution >= 0.6 is 11.3 Å². The summed E-state index contributed by atoms with van der Waals surface area (Å²) in [5.41, 5.74) is 0.642. The third-order valence-electron chi connectivity index (χ3n) is 4.84. The van der Waals surface area contributed by atoms with E-state index in [1.165, 1.54) is 29.0 Å². The van der Waals surface area contributed by atoms with Crippen molar-refractivity contribution in [3.63, 3.8) is 0 Å². The zero-order chi connectivity index (χ0) is 20.1. The molecule has 1 N–H and O–H groups in total. The monoisotopic (exact) mass is 410 g/mol. The van der Waals surface area contributed by atoms with Crippen LogP contribution < -0.4 is 4.74 Å². The summed E-state index contributed by atoms with van der Waals surface area (Å²) in [7, 11) is 0. The van der Waals surface area contributed by atoms with Crippen LogP contribution in [0.3, 0.4) is 0 Å². The molecule has 2 aromatic rings. The van der Waals surface area contributed by atoms with Gasteiger partial charge in [-0.05, 0) is 68.5 Å². The van der Waals surface area contributed by atoms with Gasteiger partial charge in [0.1, 0.15) is 10.6 Å². The van der Waals surface area contributed by atoms with Gasteiger partial charge in [-0.1, -0.05) is 11.6 Å². The second-order valence-corrected chi connectivity index (χ2v) is 7.98. The predicted octanol–water partition coefficient (Wildman–Crippen LogP) is 6.20. The molecule has 0 radical (unpaired) electrons. The van der Waals surface area contributed by atoms with Crippen LogP contribution in [0.5, 0.6) is 5.75 Å². The minimum Gasteiger partial charge on any atom is -0.493 e. The lowest BCUT2D eigenvalue weighted by atomic mass is 9.97. The van der Waals surface area contributed by atoms with Gasteiger partial charge in [0.15, 0.2) is 0 Å². The Bertz CT molecular complexity index is 837. The van der Waals surface area contributed by atoms with Gasteiger partial charge in [-0.3, -0.25) is 0 Å². The lowest BCUT2D eigenvalue weighted by molar-refractivity contribution is -0.137. The quantitative estimate of drug-likeness (QED) is 0.527. The SMILES string of the molecule is O=C(O)c1ccc(CCCC2=CCC[C@@H]2COc2ccc(C(F)(F)F)cc2)s1. The molecule has 0 aliphatic heterocycles. The van der Waals surface area contributed by atoms with E-state index in [-0.39, 0.29) is 5.92 Å². The van der Waals surface area contributed by atoms with Crippen LogP contribution in [0, 0.1) is 5.92 Å². The minimum atomic E-state index is -4.34. The van der Waals surface area contributed by atoms with Crippen LogP contribution in [-0.2, 0) is 12.6 Å². The van der Waals surface area contributed by atoms with Gasteiger partial charge in [-0.2, -0.15) is 13.2 Å². The molecule has 0 fully saturated rings. The Balaban J connectivity index is 1.46. The molecule has 0 saturated carbocycles. The Hall–Kier alpha value is -2.28. The van der Waals surface area contributed by atoms with Crippen molar-refractivity contribution in [3.8, 4) is 5.75 Å². The molecule has 1 aliphatic rings.